The Labute approximate surface area is 96.4 Å². The summed E-state index contributed by atoms with van der Waals surface area (Å²) >= 11 is 0. The van der Waals surface area contributed by atoms with Crippen LogP contribution in [0.15, 0.2) is 0 Å². The molecule has 1 fully saturated rings. The Kier molecular flexibility index (Phi) is 5.11. The second-order valence-electron chi connectivity index (χ2n) is 5.45. The third-order valence-electron chi connectivity index (χ3n) is 4.55. The van der Waals surface area contributed by atoms with E-state index < -0.39 is 0 Å². The van der Waals surface area contributed by atoms with Crippen molar-refractivity contribution in [3.8, 4) is 0 Å². The molecule has 1 rings (SSSR count). The molecule has 1 aliphatic heterocycles. The van der Waals surface area contributed by atoms with Gasteiger partial charge in [0.25, 0.3) is 0 Å². The van der Waals surface area contributed by atoms with Gasteiger partial charge in [-0.25, -0.2) is 0 Å². The fraction of sp³-hybridized carbons (Fsp3) is 1.00. The third-order valence-corrected chi connectivity index (χ3v) is 4.55. The summed E-state index contributed by atoms with van der Waals surface area (Å²) in [6.45, 7) is 12.4. The summed E-state index contributed by atoms with van der Waals surface area (Å²) in [6, 6.07) is 1.88. The van der Waals surface area contributed by atoms with E-state index in [0.29, 0.717) is 0 Å². The highest BCUT2D eigenvalue weighted by molar-refractivity contribution is 4.80. The lowest BCUT2D eigenvalue weighted by molar-refractivity contribution is -0.825. The van der Waals surface area contributed by atoms with E-state index in [0.717, 1.165) is 12.1 Å². The lowest BCUT2D eigenvalue weighted by Gasteiger charge is -2.20. The van der Waals surface area contributed by atoms with Crippen molar-refractivity contribution in [1.29, 1.82) is 0 Å². The maximum atomic E-state index is 2.44. The Bertz CT molecular complexity index is 168. The molecule has 0 aromatic heterocycles. The van der Waals surface area contributed by atoms with Gasteiger partial charge >= 0.3 is 0 Å². The van der Waals surface area contributed by atoms with Crippen LogP contribution in [0.4, 0.5) is 0 Å². The minimum atomic E-state index is 0.941. The van der Waals surface area contributed by atoms with Crippen LogP contribution in [-0.4, -0.2) is 29.7 Å². The zero-order chi connectivity index (χ0) is 11.3. The molecule has 2 unspecified atom stereocenters. The largest absolute Gasteiger partial charge is 0.309 e. The predicted molar refractivity (Wildman–Crippen MR) is 68.0 cm³/mol. The molecule has 15 heavy (non-hydrogen) atoms. The molecule has 1 nitrogen and oxygen atoms in total. The van der Waals surface area contributed by atoms with Gasteiger partial charge < -0.3 is 4.48 Å². The summed E-state index contributed by atoms with van der Waals surface area (Å²) < 4.78 is 1.43. The molecular formula is C14H30N+. The molecule has 1 heterocycles. The lowest BCUT2D eigenvalue weighted by Crippen LogP contribution is -2.32. The molecule has 0 radical (unpaired) electrons. The highest BCUT2D eigenvalue weighted by Gasteiger charge is 2.58. The number of quaternary nitrogens is 1. The second-order valence-corrected chi connectivity index (χ2v) is 5.45. The van der Waals surface area contributed by atoms with Gasteiger partial charge in [0, 0.05) is 0 Å². The van der Waals surface area contributed by atoms with Crippen LogP contribution in [-0.2, 0) is 0 Å². The standard InChI is InChI=1S/C14H30N/c1-5-7-8-9-10-12-15(11-6-2)13(3)14(15)4/h13-14H,5-12H2,1-4H3/q+1. The van der Waals surface area contributed by atoms with Gasteiger partial charge in [-0.05, 0) is 33.1 Å². The van der Waals surface area contributed by atoms with Crippen molar-refractivity contribution in [3.63, 3.8) is 0 Å². The Morgan fingerprint density at radius 2 is 1.33 bits per heavy atom. The van der Waals surface area contributed by atoms with Crippen molar-refractivity contribution in [2.24, 2.45) is 0 Å². The molecule has 0 aliphatic carbocycles. The molecule has 0 N–H and O–H groups in total. The van der Waals surface area contributed by atoms with E-state index in [1.54, 1.807) is 0 Å². The van der Waals surface area contributed by atoms with Gasteiger partial charge in [-0.15, -0.1) is 0 Å². The molecular weight excluding hydrogens is 182 g/mol. The van der Waals surface area contributed by atoms with Crippen molar-refractivity contribution in [2.45, 2.75) is 78.3 Å². The number of hydrogen-bond acceptors (Lipinski definition) is 0. The first-order chi connectivity index (χ1) is 7.19. The quantitative estimate of drug-likeness (QED) is 0.324. The second kappa shape index (κ2) is 5.89. The maximum absolute atomic E-state index is 2.44. The normalized spacial score (nSPS) is 34.4. The van der Waals surface area contributed by atoms with Gasteiger partial charge in [0.1, 0.15) is 12.1 Å². The van der Waals surface area contributed by atoms with E-state index in [9.17, 15) is 0 Å². The molecule has 0 bridgehead atoms. The average Bonchev–Trinajstić information content (AvgIpc) is 2.72. The number of nitrogens with zero attached hydrogens (tertiary/aromatic N) is 1. The van der Waals surface area contributed by atoms with E-state index in [4.69, 9.17) is 0 Å². The lowest BCUT2D eigenvalue weighted by atomic mass is 10.1. The molecule has 0 aromatic carbocycles. The maximum Gasteiger partial charge on any atom is 0.139 e. The van der Waals surface area contributed by atoms with E-state index >= 15 is 0 Å². The van der Waals surface area contributed by atoms with Crippen LogP contribution in [0.25, 0.3) is 0 Å². The summed E-state index contributed by atoms with van der Waals surface area (Å²) in [5, 5.41) is 0. The smallest absolute Gasteiger partial charge is 0.139 e. The van der Waals surface area contributed by atoms with E-state index in [1.807, 2.05) is 0 Å². The summed E-state index contributed by atoms with van der Waals surface area (Å²) in [6.07, 6.45) is 8.50. The molecule has 0 spiro atoms. The Morgan fingerprint density at radius 1 is 0.733 bits per heavy atom. The van der Waals surface area contributed by atoms with Crippen LogP contribution < -0.4 is 0 Å². The minimum absolute atomic E-state index is 0.941. The van der Waals surface area contributed by atoms with Crippen LogP contribution >= 0.6 is 0 Å². The van der Waals surface area contributed by atoms with Crippen molar-refractivity contribution >= 4 is 0 Å². The fourth-order valence-electron chi connectivity index (χ4n) is 3.19. The summed E-state index contributed by atoms with van der Waals surface area (Å²) in [5.41, 5.74) is 0. The Hall–Kier alpha value is -0.0400. The van der Waals surface area contributed by atoms with Gasteiger partial charge in [-0.3, -0.25) is 0 Å². The highest BCUT2D eigenvalue weighted by atomic mass is 15.5. The molecule has 1 saturated heterocycles. The first kappa shape index (κ1) is 13.0. The van der Waals surface area contributed by atoms with Crippen LogP contribution in [0.3, 0.4) is 0 Å². The van der Waals surface area contributed by atoms with Gasteiger partial charge in [0.2, 0.25) is 0 Å². The van der Waals surface area contributed by atoms with Crippen LogP contribution in [0.2, 0.25) is 0 Å². The number of hydrogen-bond donors (Lipinski definition) is 0. The number of rotatable bonds is 8. The molecule has 0 saturated carbocycles. The van der Waals surface area contributed by atoms with Gasteiger partial charge in [0.15, 0.2) is 0 Å². The third kappa shape index (κ3) is 2.96. The van der Waals surface area contributed by atoms with Crippen LogP contribution in [0.1, 0.15) is 66.2 Å². The fourth-order valence-corrected chi connectivity index (χ4v) is 3.19. The zero-order valence-corrected chi connectivity index (χ0v) is 11.3. The average molecular weight is 212 g/mol. The first-order valence-electron chi connectivity index (χ1n) is 7.05. The van der Waals surface area contributed by atoms with Crippen molar-refractivity contribution in [3.05, 3.63) is 0 Å². The summed E-state index contributed by atoms with van der Waals surface area (Å²) in [7, 11) is 0. The van der Waals surface area contributed by atoms with Crippen LogP contribution in [0, 0.1) is 0 Å². The summed E-state index contributed by atoms with van der Waals surface area (Å²) in [4.78, 5) is 0. The van der Waals surface area contributed by atoms with Crippen LogP contribution in [0.5, 0.6) is 0 Å². The van der Waals surface area contributed by atoms with Crippen molar-refractivity contribution < 1.29 is 4.48 Å². The first-order valence-corrected chi connectivity index (χ1v) is 7.05. The molecule has 1 heteroatoms. The van der Waals surface area contributed by atoms with Gasteiger partial charge in [-0.1, -0.05) is 33.1 Å². The van der Waals surface area contributed by atoms with E-state index in [-0.39, 0.29) is 0 Å². The molecule has 90 valence electrons. The zero-order valence-electron chi connectivity index (χ0n) is 11.3. The molecule has 0 amide bonds. The molecule has 2 atom stereocenters. The highest BCUT2D eigenvalue weighted by Crippen LogP contribution is 2.40. The minimum Gasteiger partial charge on any atom is -0.309 e. The van der Waals surface area contributed by atoms with Crippen molar-refractivity contribution in [1.82, 2.24) is 0 Å². The Morgan fingerprint density at radius 3 is 1.80 bits per heavy atom. The van der Waals surface area contributed by atoms with Gasteiger partial charge in [-0.2, -0.15) is 0 Å². The topological polar surface area (TPSA) is 0 Å². The van der Waals surface area contributed by atoms with Gasteiger partial charge in [0.05, 0.1) is 13.1 Å². The van der Waals surface area contributed by atoms with E-state index in [1.165, 1.54) is 56.1 Å². The van der Waals surface area contributed by atoms with Crippen molar-refractivity contribution in [2.75, 3.05) is 13.1 Å². The SMILES string of the molecule is CCCCCCC[N+]1(CCC)C(C)C1C. The predicted octanol–water partition coefficient (Wildman–Crippen LogP) is 3.97. The number of unbranched alkanes of at least 4 members (excludes halogenated alkanes) is 4. The van der Waals surface area contributed by atoms with E-state index in [2.05, 4.69) is 27.7 Å². The molecule has 1 aliphatic rings. The Balaban J connectivity index is 2.17. The molecule has 0 aromatic rings. The summed E-state index contributed by atoms with van der Waals surface area (Å²) in [5.74, 6) is 0. The monoisotopic (exact) mass is 212 g/mol.